The minimum Gasteiger partial charge on any atom is -0.454 e. The summed E-state index contributed by atoms with van der Waals surface area (Å²) in [5.74, 6) is 0.0691. The lowest BCUT2D eigenvalue weighted by molar-refractivity contribution is -0.0279. The molecule has 1 atom stereocenters. The van der Waals surface area contributed by atoms with Crippen LogP contribution in [0, 0.1) is 3.57 Å². The molecule has 13 heteroatoms. The molecule has 158 valence electrons. The van der Waals surface area contributed by atoms with Crippen molar-refractivity contribution < 1.29 is 17.9 Å². The highest BCUT2D eigenvalue weighted by molar-refractivity contribution is 14.1. The molecule has 10 nitrogen and oxygen atoms in total. The third-order valence-electron chi connectivity index (χ3n) is 4.28. The van der Waals surface area contributed by atoms with E-state index in [1.165, 1.54) is 31.4 Å². The number of fused-ring (bicyclic) bond motifs is 1. The lowest BCUT2D eigenvalue weighted by Gasteiger charge is -2.13. The Balaban J connectivity index is 1.60. The summed E-state index contributed by atoms with van der Waals surface area (Å²) in [6.45, 7) is 0.132. The van der Waals surface area contributed by atoms with E-state index in [0.29, 0.717) is 21.4 Å². The van der Waals surface area contributed by atoms with E-state index in [9.17, 15) is 8.42 Å². The third-order valence-corrected chi connectivity index (χ3v) is 7.49. The molecule has 0 aliphatic carbocycles. The number of halogens is 1. The van der Waals surface area contributed by atoms with Crippen molar-refractivity contribution in [3.05, 3.63) is 51.1 Å². The first-order valence-corrected chi connectivity index (χ1v) is 12.2. The quantitative estimate of drug-likeness (QED) is 0.417. The van der Waals surface area contributed by atoms with Crippen LogP contribution < -0.4 is 10.5 Å². The summed E-state index contributed by atoms with van der Waals surface area (Å²) in [4.78, 5) is 12.7. The van der Waals surface area contributed by atoms with Gasteiger partial charge in [0, 0.05) is 15.7 Å². The van der Waals surface area contributed by atoms with Gasteiger partial charge in [-0.2, -0.15) is 0 Å². The molecule has 0 saturated carbocycles. The lowest BCUT2D eigenvalue weighted by atomic mass is 10.2. The normalized spacial score (nSPS) is 16.3. The summed E-state index contributed by atoms with van der Waals surface area (Å²) < 4.78 is 40.4. The fourth-order valence-electron chi connectivity index (χ4n) is 2.75. The summed E-state index contributed by atoms with van der Waals surface area (Å²) in [6, 6.07) is 7.76. The highest BCUT2D eigenvalue weighted by atomic mass is 127. The lowest BCUT2D eigenvalue weighted by Crippen LogP contribution is -2.25. The number of hydrogen-bond donors (Lipinski definition) is 2. The maximum absolute atomic E-state index is 11.9. The first kappa shape index (κ1) is 21.1. The minimum atomic E-state index is -3.42. The molecule has 0 fully saturated rings. The maximum Gasteiger partial charge on any atom is 0.268 e. The summed E-state index contributed by atoms with van der Waals surface area (Å²) >= 11 is 3.42. The maximum atomic E-state index is 11.9. The topological polar surface area (TPSA) is 134 Å². The second-order valence-electron chi connectivity index (χ2n) is 6.15. The van der Waals surface area contributed by atoms with Gasteiger partial charge in [0.25, 0.3) is 6.29 Å². The molecule has 3 N–H and O–H groups in total. The van der Waals surface area contributed by atoms with Crippen molar-refractivity contribution in [1.82, 2.24) is 24.2 Å². The Morgan fingerprint density at radius 1 is 1.33 bits per heavy atom. The van der Waals surface area contributed by atoms with E-state index in [1.54, 1.807) is 4.57 Å². The predicted octanol–water partition coefficient (Wildman–Crippen LogP) is 2.20. The van der Waals surface area contributed by atoms with Crippen LogP contribution in [0.15, 0.2) is 47.1 Å². The second kappa shape index (κ2) is 8.56. The van der Waals surface area contributed by atoms with Gasteiger partial charge in [-0.1, -0.05) is 18.2 Å². The van der Waals surface area contributed by atoms with Gasteiger partial charge in [-0.05, 0) is 47.5 Å². The number of rotatable bonds is 7. The number of nitrogens with two attached hydrogens (primary N) is 1. The minimum absolute atomic E-state index is 0.132. The number of nitrogens with one attached hydrogen (secondary N) is 1. The number of anilines is 1. The van der Waals surface area contributed by atoms with Gasteiger partial charge in [0.2, 0.25) is 15.1 Å². The molecule has 1 unspecified atom stereocenters. The predicted molar refractivity (Wildman–Crippen MR) is 121 cm³/mol. The zero-order valence-electron chi connectivity index (χ0n) is 15.6. The number of hydrogen-bond acceptors (Lipinski definition) is 9. The van der Waals surface area contributed by atoms with Gasteiger partial charge in [0.05, 0.1) is 5.75 Å². The summed E-state index contributed by atoms with van der Waals surface area (Å²) in [7, 11) is -2.05. The van der Waals surface area contributed by atoms with Crippen LogP contribution in [0.2, 0.25) is 0 Å². The summed E-state index contributed by atoms with van der Waals surface area (Å²) in [5, 5.41) is 0.959. The molecule has 0 spiro atoms. The number of benzene rings is 1. The molecule has 0 saturated heterocycles. The molecule has 0 amide bonds. The first-order valence-electron chi connectivity index (χ1n) is 8.70. The number of thioether (sulfide) groups is 1. The van der Waals surface area contributed by atoms with Gasteiger partial charge >= 0.3 is 0 Å². The van der Waals surface area contributed by atoms with E-state index in [-0.39, 0.29) is 18.1 Å². The van der Waals surface area contributed by atoms with Gasteiger partial charge in [0.1, 0.15) is 12.6 Å². The third kappa shape index (κ3) is 4.33. The second-order valence-corrected chi connectivity index (χ2v) is 10.3. The van der Waals surface area contributed by atoms with Crippen molar-refractivity contribution >= 4 is 61.4 Å². The largest absolute Gasteiger partial charge is 0.454 e. The molecule has 0 radical (unpaired) electrons. The Labute approximate surface area is 190 Å². The van der Waals surface area contributed by atoms with E-state index in [4.69, 9.17) is 15.2 Å². The number of ether oxygens (including phenoxy) is 2. The molecule has 3 heterocycles. The van der Waals surface area contributed by atoms with Crippen LogP contribution in [0.25, 0.3) is 11.2 Å². The van der Waals surface area contributed by atoms with Crippen molar-refractivity contribution in [3.63, 3.8) is 0 Å². The van der Waals surface area contributed by atoms with Gasteiger partial charge in [-0.3, -0.25) is 0 Å². The van der Waals surface area contributed by atoms with Crippen LogP contribution in [0.4, 0.5) is 5.82 Å². The van der Waals surface area contributed by atoms with Crippen LogP contribution >= 0.6 is 34.4 Å². The Hall–Kier alpha value is -2.10. The van der Waals surface area contributed by atoms with Gasteiger partial charge in [0.15, 0.2) is 22.1 Å². The molecule has 2 aromatic heterocycles. The van der Waals surface area contributed by atoms with Crippen molar-refractivity contribution in [2.24, 2.45) is 0 Å². The Morgan fingerprint density at radius 3 is 2.90 bits per heavy atom. The molecule has 1 aliphatic heterocycles. The Bertz CT molecular complexity index is 1230. The number of aryl methyl sites for hydroxylation is 1. The van der Waals surface area contributed by atoms with Crippen LogP contribution in [0.3, 0.4) is 0 Å². The average molecular weight is 560 g/mol. The van der Waals surface area contributed by atoms with Gasteiger partial charge in [-0.15, -0.1) is 0 Å². The highest BCUT2D eigenvalue weighted by Crippen LogP contribution is 2.39. The zero-order valence-corrected chi connectivity index (χ0v) is 19.4. The van der Waals surface area contributed by atoms with Crippen LogP contribution in [-0.2, 0) is 26.0 Å². The number of sulfonamides is 1. The zero-order chi connectivity index (χ0) is 21.3. The fourth-order valence-corrected chi connectivity index (χ4v) is 4.86. The van der Waals surface area contributed by atoms with Crippen LogP contribution in [0.5, 0.6) is 0 Å². The molecular formula is C17H17IN6O4S2. The molecule has 1 aromatic carbocycles. The first-order chi connectivity index (χ1) is 14.4. The monoisotopic (exact) mass is 560 g/mol. The SMILES string of the molecule is CNS(=O)(=O)CCn1c(SC2=COC(c3ccccc3I)O2)nc2c(N)ncnc21. The standard InChI is InChI=1S/C17H17IN6O4S2/c1-20-30(25,26)7-6-24-15-13(14(19)21-9-22-15)23-17(24)29-12-8-27-16(28-12)10-4-2-3-5-11(10)18/h2-5,8-9,16,20H,6-7H2,1H3,(H2,19,21,22). The van der Waals surface area contributed by atoms with Gasteiger partial charge < -0.3 is 19.8 Å². The van der Waals surface area contributed by atoms with E-state index in [2.05, 4.69) is 42.3 Å². The number of nitrogen functional groups attached to an aromatic ring is 1. The van der Waals surface area contributed by atoms with Gasteiger partial charge in [-0.25, -0.2) is 28.1 Å². The summed E-state index contributed by atoms with van der Waals surface area (Å²) in [5.41, 5.74) is 7.69. The van der Waals surface area contributed by atoms with E-state index >= 15 is 0 Å². The van der Waals surface area contributed by atoms with Crippen LogP contribution in [0.1, 0.15) is 11.9 Å². The molecule has 3 aromatic rings. The molecule has 1 aliphatic rings. The number of nitrogens with zero attached hydrogens (tertiary/aromatic N) is 4. The van der Waals surface area contributed by atoms with Crippen molar-refractivity contribution in [1.29, 1.82) is 0 Å². The molecule has 0 bridgehead atoms. The number of aromatic nitrogens is 4. The molecule has 4 rings (SSSR count). The fraction of sp³-hybridized carbons (Fsp3) is 0.235. The Kier molecular flexibility index (Phi) is 6.04. The average Bonchev–Trinajstić information content (AvgIpc) is 3.32. The van der Waals surface area contributed by atoms with E-state index < -0.39 is 16.3 Å². The van der Waals surface area contributed by atoms with E-state index in [1.807, 2.05) is 24.3 Å². The highest BCUT2D eigenvalue weighted by Gasteiger charge is 2.26. The van der Waals surface area contributed by atoms with Crippen molar-refractivity contribution in [3.8, 4) is 0 Å². The smallest absolute Gasteiger partial charge is 0.268 e. The van der Waals surface area contributed by atoms with E-state index in [0.717, 1.165) is 9.13 Å². The van der Waals surface area contributed by atoms with Crippen LogP contribution in [-0.4, -0.2) is 40.7 Å². The molecular weight excluding hydrogens is 543 g/mol. The molecule has 30 heavy (non-hydrogen) atoms. The number of imidazole rings is 1. The summed E-state index contributed by atoms with van der Waals surface area (Å²) in [6.07, 6.45) is 2.27. The van der Waals surface area contributed by atoms with Crippen molar-refractivity contribution in [2.45, 2.75) is 18.0 Å². The van der Waals surface area contributed by atoms with Crippen molar-refractivity contribution in [2.75, 3.05) is 18.5 Å². The Morgan fingerprint density at radius 2 is 2.13 bits per heavy atom.